The summed E-state index contributed by atoms with van der Waals surface area (Å²) in [7, 11) is -2.00. The molecule has 100 valence electrons. The fraction of sp³-hybridized carbons (Fsp3) is 0.417. The molecule has 0 radical (unpaired) electrons. The molecule has 5 nitrogen and oxygen atoms in total. The number of sulfonamides is 1. The van der Waals surface area contributed by atoms with E-state index in [0.717, 1.165) is 6.26 Å². The summed E-state index contributed by atoms with van der Waals surface area (Å²) in [5.74, 6) is -0.442. The number of hydrogen-bond acceptors (Lipinski definition) is 4. The molecule has 0 saturated carbocycles. The Morgan fingerprint density at radius 3 is 2.22 bits per heavy atom. The maximum Gasteiger partial charge on any atom is 0.337 e. The van der Waals surface area contributed by atoms with E-state index in [9.17, 15) is 13.2 Å². The van der Waals surface area contributed by atoms with Crippen molar-refractivity contribution in [3.05, 3.63) is 29.8 Å². The molecule has 0 amide bonds. The first-order chi connectivity index (χ1) is 8.40. The second-order valence-corrected chi connectivity index (χ2v) is 5.78. The first-order valence-corrected chi connectivity index (χ1v) is 7.41. The van der Waals surface area contributed by atoms with E-state index in [2.05, 4.69) is 4.74 Å². The molecule has 0 saturated heterocycles. The summed E-state index contributed by atoms with van der Waals surface area (Å²) in [6.45, 7) is 2.32. The van der Waals surface area contributed by atoms with Gasteiger partial charge in [0, 0.05) is 6.54 Å². The van der Waals surface area contributed by atoms with E-state index in [1.807, 2.05) is 6.92 Å². The molecule has 1 aromatic carbocycles. The molecule has 0 heterocycles. The van der Waals surface area contributed by atoms with Gasteiger partial charge in [0.15, 0.2) is 0 Å². The molecule has 0 bridgehead atoms. The van der Waals surface area contributed by atoms with Gasteiger partial charge in [-0.25, -0.2) is 13.2 Å². The lowest BCUT2D eigenvalue weighted by Crippen LogP contribution is -2.30. The molecule has 0 aliphatic rings. The van der Waals surface area contributed by atoms with E-state index in [1.54, 1.807) is 24.3 Å². The first kappa shape index (κ1) is 14.5. The molecule has 0 N–H and O–H groups in total. The number of nitrogens with zero attached hydrogens (tertiary/aromatic N) is 1. The van der Waals surface area contributed by atoms with Crippen molar-refractivity contribution in [3.8, 4) is 0 Å². The number of methoxy groups -OCH3 is 1. The van der Waals surface area contributed by atoms with Crippen LogP contribution in [0.2, 0.25) is 0 Å². The van der Waals surface area contributed by atoms with Crippen molar-refractivity contribution in [3.63, 3.8) is 0 Å². The van der Waals surface area contributed by atoms with E-state index < -0.39 is 16.0 Å². The maximum absolute atomic E-state index is 11.6. The highest BCUT2D eigenvalue weighted by atomic mass is 32.2. The fourth-order valence-corrected chi connectivity index (χ4v) is 2.59. The summed E-state index contributed by atoms with van der Waals surface area (Å²) in [6.07, 6.45) is 1.88. The molecule has 0 fully saturated rings. The van der Waals surface area contributed by atoms with Crippen molar-refractivity contribution in [1.29, 1.82) is 0 Å². The largest absolute Gasteiger partial charge is 0.465 e. The molecule has 0 unspecified atom stereocenters. The second-order valence-electron chi connectivity index (χ2n) is 3.87. The average Bonchev–Trinajstić information content (AvgIpc) is 2.34. The lowest BCUT2D eigenvalue weighted by atomic mass is 10.2. The monoisotopic (exact) mass is 271 g/mol. The summed E-state index contributed by atoms with van der Waals surface area (Å²) in [4.78, 5) is 11.3. The lowest BCUT2D eigenvalue weighted by molar-refractivity contribution is 0.0601. The summed E-state index contributed by atoms with van der Waals surface area (Å²) in [6, 6.07) is 6.30. The van der Waals surface area contributed by atoms with Crippen LogP contribution in [0.15, 0.2) is 24.3 Å². The van der Waals surface area contributed by atoms with Gasteiger partial charge in [-0.15, -0.1) is 0 Å². The van der Waals surface area contributed by atoms with Crippen molar-refractivity contribution >= 4 is 21.7 Å². The predicted molar refractivity (Wildman–Crippen MR) is 70.3 cm³/mol. The Morgan fingerprint density at radius 2 is 1.83 bits per heavy atom. The quantitative estimate of drug-likeness (QED) is 0.764. The van der Waals surface area contributed by atoms with Crippen molar-refractivity contribution in [2.45, 2.75) is 13.3 Å². The Morgan fingerprint density at radius 1 is 1.28 bits per heavy atom. The zero-order valence-corrected chi connectivity index (χ0v) is 11.5. The Balaban J connectivity index is 3.05. The van der Waals surface area contributed by atoms with Crippen LogP contribution in [0.4, 0.5) is 5.69 Å². The number of anilines is 1. The van der Waals surface area contributed by atoms with Crippen LogP contribution in [-0.2, 0) is 14.8 Å². The van der Waals surface area contributed by atoms with Crippen molar-refractivity contribution < 1.29 is 17.9 Å². The lowest BCUT2D eigenvalue weighted by Gasteiger charge is -2.21. The van der Waals surface area contributed by atoms with Gasteiger partial charge < -0.3 is 4.74 Å². The van der Waals surface area contributed by atoms with Crippen molar-refractivity contribution in [2.24, 2.45) is 0 Å². The van der Waals surface area contributed by atoms with Crippen LogP contribution in [0, 0.1) is 0 Å². The highest BCUT2D eigenvalue weighted by Gasteiger charge is 2.16. The minimum atomic E-state index is -3.30. The Labute approximate surface area is 107 Å². The predicted octanol–water partition coefficient (Wildman–Crippen LogP) is 1.65. The van der Waals surface area contributed by atoms with Crippen LogP contribution in [0.1, 0.15) is 23.7 Å². The summed E-state index contributed by atoms with van der Waals surface area (Å²) in [5, 5.41) is 0. The molecule has 0 aliphatic heterocycles. The number of esters is 1. The van der Waals surface area contributed by atoms with Gasteiger partial charge in [0.05, 0.1) is 24.6 Å². The van der Waals surface area contributed by atoms with Gasteiger partial charge in [-0.2, -0.15) is 0 Å². The van der Waals surface area contributed by atoms with Gasteiger partial charge in [-0.05, 0) is 30.7 Å². The molecule has 6 heteroatoms. The number of benzene rings is 1. The van der Waals surface area contributed by atoms with Gasteiger partial charge in [0.1, 0.15) is 0 Å². The van der Waals surface area contributed by atoms with Gasteiger partial charge in [-0.1, -0.05) is 6.92 Å². The van der Waals surface area contributed by atoms with E-state index in [-0.39, 0.29) is 0 Å². The van der Waals surface area contributed by atoms with Crippen LogP contribution < -0.4 is 4.31 Å². The Bertz CT molecular complexity index is 507. The van der Waals surface area contributed by atoms with E-state index in [1.165, 1.54) is 11.4 Å². The van der Waals surface area contributed by atoms with Gasteiger partial charge in [0.25, 0.3) is 0 Å². The third kappa shape index (κ3) is 3.46. The zero-order valence-electron chi connectivity index (χ0n) is 10.7. The van der Waals surface area contributed by atoms with Crippen LogP contribution in [0.25, 0.3) is 0 Å². The first-order valence-electron chi connectivity index (χ1n) is 5.56. The number of ether oxygens (including phenoxy) is 1. The topological polar surface area (TPSA) is 63.7 Å². The maximum atomic E-state index is 11.6. The van der Waals surface area contributed by atoms with Crippen molar-refractivity contribution in [2.75, 3.05) is 24.2 Å². The number of carbonyl (C=O) groups excluding carboxylic acids is 1. The Hall–Kier alpha value is -1.56. The fourth-order valence-electron chi connectivity index (χ4n) is 1.57. The number of carbonyl (C=O) groups is 1. The molecule has 0 aliphatic carbocycles. The van der Waals surface area contributed by atoms with Crippen LogP contribution in [0.5, 0.6) is 0 Å². The van der Waals surface area contributed by atoms with Crippen molar-refractivity contribution in [1.82, 2.24) is 0 Å². The van der Waals surface area contributed by atoms with Crippen LogP contribution >= 0.6 is 0 Å². The summed E-state index contributed by atoms with van der Waals surface area (Å²) in [5.41, 5.74) is 0.943. The van der Waals surface area contributed by atoms with Gasteiger partial charge in [0.2, 0.25) is 10.0 Å². The normalized spacial score (nSPS) is 11.1. The Kier molecular flexibility index (Phi) is 4.72. The summed E-state index contributed by atoms with van der Waals surface area (Å²) < 4.78 is 29.2. The number of hydrogen-bond donors (Lipinski definition) is 0. The van der Waals surface area contributed by atoms with Gasteiger partial charge >= 0.3 is 5.97 Å². The molecule has 0 spiro atoms. The molecule has 1 aromatic rings. The van der Waals surface area contributed by atoms with Crippen LogP contribution in [-0.4, -0.2) is 34.3 Å². The third-order valence-corrected chi connectivity index (χ3v) is 3.60. The minimum Gasteiger partial charge on any atom is -0.465 e. The third-order valence-electron chi connectivity index (χ3n) is 2.40. The van der Waals surface area contributed by atoms with E-state index >= 15 is 0 Å². The van der Waals surface area contributed by atoms with Crippen LogP contribution in [0.3, 0.4) is 0 Å². The molecule has 1 rings (SSSR count). The molecule has 18 heavy (non-hydrogen) atoms. The summed E-state index contributed by atoms with van der Waals surface area (Å²) >= 11 is 0. The molecule has 0 atom stereocenters. The van der Waals surface area contributed by atoms with E-state index in [4.69, 9.17) is 0 Å². The molecular formula is C12H17NO4S. The van der Waals surface area contributed by atoms with Gasteiger partial charge in [-0.3, -0.25) is 4.31 Å². The van der Waals surface area contributed by atoms with E-state index in [0.29, 0.717) is 24.2 Å². The number of rotatable bonds is 5. The zero-order chi connectivity index (χ0) is 13.8. The average molecular weight is 271 g/mol. The SMILES string of the molecule is CCCN(c1ccc(C(=O)OC)cc1)S(C)(=O)=O. The smallest absolute Gasteiger partial charge is 0.337 e. The molecule has 0 aromatic heterocycles. The second kappa shape index (κ2) is 5.86. The minimum absolute atomic E-state index is 0.395. The highest BCUT2D eigenvalue weighted by Crippen LogP contribution is 2.18. The standard InChI is InChI=1S/C12H17NO4S/c1-4-9-13(18(3,15)16)11-7-5-10(6-8-11)12(14)17-2/h5-8H,4,9H2,1-3H3. The highest BCUT2D eigenvalue weighted by molar-refractivity contribution is 7.92. The molecular weight excluding hydrogens is 254 g/mol.